The molecular weight excluding hydrogens is 411 g/mol. The number of ether oxygens (including phenoxy) is 3. The zero-order valence-electron chi connectivity index (χ0n) is 17.9. The molecule has 0 radical (unpaired) electrons. The van der Waals surface area contributed by atoms with E-state index in [4.69, 9.17) is 19.9 Å². The summed E-state index contributed by atoms with van der Waals surface area (Å²) in [6, 6.07) is 13.1. The molecule has 0 amide bonds. The topological polar surface area (TPSA) is 94.6 Å². The lowest BCUT2D eigenvalue weighted by Gasteiger charge is -2.27. The average Bonchev–Trinajstić information content (AvgIpc) is 2.78. The zero-order valence-corrected chi connectivity index (χ0v) is 17.9. The summed E-state index contributed by atoms with van der Waals surface area (Å²) in [5.74, 6) is 4.64. The molecule has 0 bridgehead atoms. The molecule has 162 valence electrons. The molecule has 3 rings (SSSR count). The average molecular weight is 432 g/mol. The Bertz CT molecular complexity index is 1210. The van der Waals surface area contributed by atoms with E-state index in [2.05, 4.69) is 11.8 Å². The van der Waals surface area contributed by atoms with Gasteiger partial charge in [-0.1, -0.05) is 17.9 Å². The summed E-state index contributed by atoms with van der Waals surface area (Å²) < 4.78 is 29.9. The first-order chi connectivity index (χ1) is 15.4. The van der Waals surface area contributed by atoms with Crippen LogP contribution in [-0.4, -0.2) is 19.7 Å². The highest BCUT2D eigenvalue weighted by Gasteiger charge is 2.37. The van der Waals surface area contributed by atoms with E-state index >= 15 is 0 Å². The summed E-state index contributed by atoms with van der Waals surface area (Å²) in [6.07, 6.45) is 0. The molecule has 0 aromatic heterocycles. The van der Waals surface area contributed by atoms with Gasteiger partial charge in [-0.25, -0.2) is 9.18 Å². The molecule has 6 nitrogen and oxygen atoms in total. The third kappa shape index (κ3) is 4.58. The zero-order chi connectivity index (χ0) is 23.3. The van der Waals surface area contributed by atoms with Crippen LogP contribution in [0.5, 0.6) is 5.75 Å². The fourth-order valence-electron chi connectivity index (χ4n) is 3.37. The van der Waals surface area contributed by atoms with Crippen molar-refractivity contribution in [1.82, 2.24) is 0 Å². The molecule has 1 heterocycles. The van der Waals surface area contributed by atoms with Crippen LogP contribution >= 0.6 is 0 Å². The maximum Gasteiger partial charge on any atom is 0.338 e. The van der Waals surface area contributed by atoms with Crippen LogP contribution in [0.25, 0.3) is 0 Å². The lowest BCUT2D eigenvalue weighted by Crippen LogP contribution is -2.26. The van der Waals surface area contributed by atoms with E-state index in [9.17, 15) is 14.4 Å². The molecule has 0 aliphatic carbocycles. The van der Waals surface area contributed by atoms with Gasteiger partial charge in [-0.2, -0.15) is 5.26 Å². The van der Waals surface area contributed by atoms with E-state index < -0.39 is 17.7 Å². The van der Waals surface area contributed by atoms with E-state index in [1.165, 1.54) is 18.2 Å². The molecule has 2 aromatic carbocycles. The molecule has 0 spiro atoms. The van der Waals surface area contributed by atoms with Crippen LogP contribution in [0.3, 0.4) is 0 Å². The Balaban J connectivity index is 2.16. The first kappa shape index (κ1) is 22.5. The van der Waals surface area contributed by atoms with Gasteiger partial charge in [0, 0.05) is 11.1 Å². The number of halogens is 1. The predicted octanol–water partition coefficient (Wildman–Crippen LogP) is 3.88. The van der Waals surface area contributed by atoms with E-state index in [-0.39, 0.29) is 29.4 Å². The second-order valence-corrected chi connectivity index (χ2v) is 6.83. The minimum Gasteiger partial charge on any atom is -0.497 e. The van der Waals surface area contributed by atoms with E-state index in [1.54, 1.807) is 45.2 Å². The van der Waals surface area contributed by atoms with Crippen molar-refractivity contribution in [3.63, 3.8) is 0 Å². The van der Waals surface area contributed by atoms with Gasteiger partial charge in [-0.3, -0.25) is 0 Å². The minimum atomic E-state index is -0.909. The fourth-order valence-corrected chi connectivity index (χ4v) is 3.37. The molecule has 2 aromatic rings. The number of rotatable bonds is 4. The Morgan fingerprint density at radius 2 is 1.94 bits per heavy atom. The van der Waals surface area contributed by atoms with Crippen molar-refractivity contribution in [3.8, 4) is 23.7 Å². The summed E-state index contributed by atoms with van der Waals surface area (Å²) in [7, 11) is 1.57. The molecule has 7 heteroatoms. The Morgan fingerprint density at radius 3 is 2.56 bits per heavy atom. The van der Waals surface area contributed by atoms with Crippen molar-refractivity contribution in [1.29, 1.82) is 5.26 Å². The molecule has 1 aliphatic rings. The van der Waals surface area contributed by atoms with Crippen LogP contribution in [0.15, 0.2) is 65.3 Å². The summed E-state index contributed by atoms with van der Waals surface area (Å²) in [5, 5.41) is 9.75. The molecule has 1 aliphatic heterocycles. The largest absolute Gasteiger partial charge is 0.497 e. The van der Waals surface area contributed by atoms with Gasteiger partial charge in [0.05, 0.1) is 25.2 Å². The van der Waals surface area contributed by atoms with Gasteiger partial charge in [0.2, 0.25) is 5.88 Å². The molecular formula is C25H21FN2O4. The van der Waals surface area contributed by atoms with Gasteiger partial charge in [0.25, 0.3) is 0 Å². The quantitative estimate of drug-likeness (QED) is 0.582. The van der Waals surface area contributed by atoms with Gasteiger partial charge in [-0.15, -0.1) is 0 Å². The molecule has 1 unspecified atom stereocenters. The first-order valence-corrected chi connectivity index (χ1v) is 9.80. The van der Waals surface area contributed by atoms with Crippen molar-refractivity contribution >= 4 is 5.97 Å². The summed E-state index contributed by atoms with van der Waals surface area (Å²) in [6.45, 7) is 3.37. The molecule has 0 saturated heterocycles. The van der Waals surface area contributed by atoms with Crippen molar-refractivity contribution in [2.75, 3.05) is 13.7 Å². The highest BCUT2D eigenvalue weighted by atomic mass is 19.1. The number of carbonyl (C=O) groups excluding carboxylic acids is 1. The van der Waals surface area contributed by atoms with Gasteiger partial charge in [0.1, 0.15) is 29.0 Å². The second kappa shape index (κ2) is 9.72. The van der Waals surface area contributed by atoms with Crippen LogP contribution in [0.2, 0.25) is 0 Å². The number of methoxy groups -OCH3 is 1. The van der Waals surface area contributed by atoms with Crippen molar-refractivity contribution < 1.29 is 23.4 Å². The molecule has 0 saturated carbocycles. The monoisotopic (exact) mass is 432 g/mol. The van der Waals surface area contributed by atoms with Crippen LogP contribution in [0.1, 0.15) is 36.5 Å². The Labute approximate surface area is 185 Å². The van der Waals surface area contributed by atoms with E-state index in [0.717, 1.165) is 0 Å². The maximum atomic E-state index is 14.1. The maximum absolute atomic E-state index is 14.1. The lowest BCUT2D eigenvalue weighted by atomic mass is 9.81. The van der Waals surface area contributed by atoms with Gasteiger partial charge >= 0.3 is 5.97 Å². The van der Waals surface area contributed by atoms with Crippen molar-refractivity contribution in [3.05, 3.63) is 87.8 Å². The normalized spacial score (nSPS) is 15.3. The number of allylic oxidation sites excluding steroid dienone is 2. The van der Waals surface area contributed by atoms with Crippen LogP contribution < -0.4 is 10.5 Å². The first-order valence-electron chi connectivity index (χ1n) is 9.80. The number of hydrogen-bond donors (Lipinski definition) is 1. The highest BCUT2D eigenvalue weighted by molar-refractivity contribution is 5.92. The van der Waals surface area contributed by atoms with Crippen molar-refractivity contribution in [2.24, 2.45) is 5.73 Å². The van der Waals surface area contributed by atoms with Crippen molar-refractivity contribution in [2.45, 2.75) is 19.8 Å². The standard InChI is InChI=1S/C25H21FN2O4/c1-4-31-25(29)22-15(2)32-24(28)21(14-27)23(22)20-12-9-18(26)13-17(20)8-5-16-6-10-19(30-3)11-7-16/h6-7,9-13,23H,4,28H2,1-3H3. The highest BCUT2D eigenvalue weighted by Crippen LogP contribution is 2.40. The van der Waals surface area contributed by atoms with Gasteiger partial charge in [-0.05, 0) is 55.8 Å². The number of esters is 1. The fraction of sp³-hybridized carbons (Fsp3) is 0.200. The third-order valence-corrected chi connectivity index (χ3v) is 4.86. The number of nitrogens with two attached hydrogens (primary N) is 1. The number of carbonyl (C=O) groups is 1. The smallest absolute Gasteiger partial charge is 0.338 e. The Morgan fingerprint density at radius 1 is 1.22 bits per heavy atom. The number of nitrogens with zero attached hydrogens (tertiary/aromatic N) is 1. The van der Waals surface area contributed by atoms with Crippen LogP contribution in [-0.2, 0) is 14.3 Å². The molecule has 32 heavy (non-hydrogen) atoms. The van der Waals surface area contributed by atoms with Crippen LogP contribution in [0.4, 0.5) is 4.39 Å². The summed E-state index contributed by atoms with van der Waals surface area (Å²) >= 11 is 0. The van der Waals surface area contributed by atoms with E-state index in [1.807, 2.05) is 6.07 Å². The Hall–Kier alpha value is -4.23. The Kier molecular flexibility index (Phi) is 6.82. The SMILES string of the molecule is CCOC(=O)C1=C(C)OC(N)=C(C#N)C1c1ccc(F)cc1C#Cc1ccc(OC)cc1. The summed E-state index contributed by atoms with van der Waals surface area (Å²) in [4.78, 5) is 12.7. The minimum absolute atomic E-state index is 0.0257. The van der Waals surface area contributed by atoms with E-state index in [0.29, 0.717) is 22.4 Å². The van der Waals surface area contributed by atoms with Crippen LogP contribution in [0, 0.1) is 29.0 Å². The third-order valence-electron chi connectivity index (χ3n) is 4.86. The lowest BCUT2D eigenvalue weighted by molar-refractivity contribution is -0.139. The number of hydrogen-bond acceptors (Lipinski definition) is 6. The summed E-state index contributed by atoms with van der Waals surface area (Å²) in [5.41, 5.74) is 7.52. The number of nitriles is 1. The molecule has 2 N–H and O–H groups in total. The van der Waals surface area contributed by atoms with Gasteiger partial charge in [0.15, 0.2) is 0 Å². The predicted molar refractivity (Wildman–Crippen MR) is 115 cm³/mol. The van der Waals surface area contributed by atoms with Gasteiger partial charge < -0.3 is 19.9 Å². The molecule has 1 atom stereocenters. The molecule has 0 fully saturated rings. The second-order valence-electron chi connectivity index (χ2n) is 6.83. The number of benzene rings is 2.